The molecule has 5 aromatic rings. The van der Waals surface area contributed by atoms with Crippen molar-refractivity contribution in [3.05, 3.63) is 105 Å². The molecule has 0 atom stereocenters. The fraction of sp³-hybridized carbons (Fsp3) is 0.0400. The summed E-state index contributed by atoms with van der Waals surface area (Å²) in [5.74, 6) is 1.45. The summed E-state index contributed by atoms with van der Waals surface area (Å²) in [4.78, 5) is 17.6. The van der Waals surface area contributed by atoms with Crippen molar-refractivity contribution >= 4 is 38.6 Å². The molecule has 2 aromatic heterocycles. The van der Waals surface area contributed by atoms with Crippen molar-refractivity contribution in [3.63, 3.8) is 0 Å². The number of hydrogen-bond acceptors (Lipinski definition) is 6. The Morgan fingerprint density at radius 3 is 2.38 bits per heavy atom. The zero-order valence-electron chi connectivity index (χ0n) is 18.0. The summed E-state index contributed by atoms with van der Waals surface area (Å²) in [5, 5.41) is 13.9. The highest BCUT2D eigenvalue weighted by molar-refractivity contribution is 9.10. The van der Waals surface area contributed by atoms with Crippen LogP contribution in [0, 0.1) is 6.92 Å². The zero-order valence-corrected chi connectivity index (χ0v) is 20.4. The number of nitrogens with zero attached hydrogens (tertiary/aromatic N) is 4. The highest BCUT2D eigenvalue weighted by atomic mass is 79.9. The molecule has 0 spiro atoms. The second-order valence-corrected chi connectivity index (χ2v) is 9.11. The molecule has 7 nitrogen and oxygen atoms in total. The smallest absolute Gasteiger partial charge is 0.301 e. The van der Waals surface area contributed by atoms with Crippen LogP contribution in [0.15, 0.2) is 104 Å². The average molecular weight is 532 g/mol. The molecule has 1 N–H and O–H groups in total. The van der Waals surface area contributed by atoms with Gasteiger partial charge in [-0.2, -0.15) is 9.80 Å². The lowest BCUT2D eigenvalue weighted by molar-refractivity contribution is 0.483. The van der Waals surface area contributed by atoms with Crippen LogP contribution >= 0.6 is 27.3 Å². The Labute approximate surface area is 207 Å². The van der Waals surface area contributed by atoms with Crippen LogP contribution < -0.4 is 10.3 Å². The summed E-state index contributed by atoms with van der Waals surface area (Å²) in [6, 6.07) is 24.6. The molecular weight excluding hydrogens is 514 g/mol. The quantitative estimate of drug-likeness (QED) is 0.229. The monoisotopic (exact) mass is 531 g/mol. The average Bonchev–Trinajstić information content (AvgIpc) is 3.44. The number of thiazole rings is 1. The highest BCUT2D eigenvalue weighted by Gasteiger charge is 2.15. The first-order valence-electron chi connectivity index (χ1n) is 10.3. The Morgan fingerprint density at radius 1 is 0.941 bits per heavy atom. The van der Waals surface area contributed by atoms with Gasteiger partial charge in [-0.3, -0.25) is 9.89 Å². The largest absolute Gasteiger partial charge is 0.457 e. The van der Waals surface area contributed by atoms with E-state index in [9.17, 15) is 4.79 Å². The van der Waals surface area contributed by atoms with Crippen LogP contribution in [0.25, 0.3) is 16.4 Å². The maximum atomic E-state index is 13.0. The van der Waals surface area contributed by atoms with Crippen molar-refractivity contribution in [1.82, 2.24) is 14.8 Å². The lowest BCUT2D eigenvalue weighted by Crippen LogP contribution is -2.13. The van der Waals surface area contributed by atoms with Gasteiger partial charge >= 0.3 is 5.56 Å². The number of ether oxygens (including phenoxy) is 1. The molecule has 0 amide bonds. The van der Waals surface area contributed by atoms with E-state index in [0.29, 0.717) is 22.3 Å². The van der Waals surface area contributed by atoms with E-state index in [2.05, 4.69) is 36.2 Å². The third-order valence-electron chi connectivity index (χ3n) is 4.94. The minimum atomic E-state index is -0.304. The summed E-state index contributed by atoms with van der Waals surface area (Å²) < 4.78 is 8.18. The third kappa shape index (κ3) is 4.75. The Balaban J connectivity index is 1.34. The van der Waals surface area contributed by atoms with Crippen LogP contribution in [0.4, 0.5) is 11.4 Å². The number of azo groups is 1. The number of aromatic nitrogens is 3. The van der Waals surface area contributed by atoms with Crippen molar-refractivity contribution in [2.45, 2.75) is 6.92 Å². The molecule has 0 aliphatic rings. The molecule has 0 saturated heterocycles. The first-order valence-corrected chi connectivity index (χ1v) is 12.0. The molecule has 0 radical (unpaired) electrons. The summed E-state index contributed by atoms with van der Waals surface area (Å²) in [7, 11) is 0. The number of rotatable bonds is 6. The molecule has 0 aliphatic carbocycles. The molecule has 0 saturated carbocycles. The number of benzene rings is 3. The van der Waals surface area contributed by atoms with Crippen LogP contribution in [0.2, 0.25) is 0 Å². The molecule has 3 aromatic carbocycles. The number of H-pyrrole nitrogens is 1. The molecule has 2 heterocycles. The van der Waals surface area contributed by atoms with Gasteiger partial charge in [-0.15, -0.1) is 16.5 Å². The molecule has 0 aliphatic heterocycles. The molecule has 34 heavy (non-hydrogen) atoms. The van der Waals surface area contributed by atoms with Gasteiger partial charge in [0.25, 0.3) is 0 Å². The van der Waals surface area contributed by atoms with Gasteiger partial charge in [0.15, 0.2) is 5.69 Å². The lowest BCUT2D eigenvalue weighted by atomic mass is 10.2. The van der Waals surface area contributed by atoms with Gasteiger partial charge in [-0.05, 0) is 55.5 Å². The third-order valence-corrected chi connectivity index (χ3v) is 6.30. The Bertz CT molecular complexity index is 1500. The van der Waals surface area contributed by atoms with Crippen molar-refractivity contribution in [2.24, 2.45) is 10.2 Å². The molecular formula is C25H18BrN5O2S. The van der Waals surface area contributed by atoms with E-state index in [4.69, 9.17) is 4.74 Å². The summed E-state index contributed by atoms with van der Waals surface area (Å²) in [5.41, 5.74) is 2.93. The first-order chi connectivity index (χ1) is 16.6. The van der Waals surface area contributed by atoms with E-state index >= 15 is 0 Å². The van der Waals surface area contributed by atoms with Crippen LogP contribution in [0.3, 0.4) is 0 Å². The molecule has 9 heteroatoms. The number of para-hydroxylation sites is 1. The van der Waals surface area contributed by atoms with Gasteiger partial charge < -0.3 is 4.74 Å². The second kappa shape index (κ2) is 9.58. The van der Waals surface area contributed by atoms with Gasteiger partial charge in [0.05, 0.1) is 17.1 Å². The fourth-order valence-corrected chi connectivity index (χ4v) is 4.28. The van der Waals surface area contributed by atoms with E-state index in [1.807, 2.05) is 72.1 Å². The van der Waals surface area contributed by atoms with Crippen LogP contribution in [0.5, 0.6) is 11.5 Å². The molecule has 0 bridgehead atoms. The Hall–Kier alpha value is -3.82. The summed E-state index contributed by atoms with van der Waals surface area (Å²) >= 11 is 4.81. The molecule has 5 rings (SSSR count). The number of aryl methyl sites for hydroxylation is 1. The van der Waals surface area contributed by atoms with Gasteiger partial charge in [0, 0.05) is 15.4 Å². The Morgan fingerprint density at radius 2 is 1.65 bits per heavy atom. The van der Waals surface area contributed by atoms with Crippen LogP contribution in [-0.4, -0.2) is 14.8 Å². The predicted molar refractivity (Wildman–Crippen MR) is 137 cm³/mol. The number of hydrogen-bond donors (Lipinski definition) is 1. The fourth-order valence-electron chi connectivity index (χ4n) is 3.22. The number of halogens is 1. The summed E-state index contributed by atoms with van der Waals surface area (Å²) in [6.07, 6.45) is 0. The van der Waals surface area contributed by atoms with Crippen molar-refractivity contribution in [2.75, 3.05) is 0 Å². The highest BCUT2D eigenvalue weighted by Crippen LogP contribution is 2.27. The van der Waals surface area contributed by atoms with Crippen LogP contribution in [0.1, 0.15) is 5.69 Å². The lowest BCUT2D eigenvalue weighted by Gasteiger charge is -2.04. The first kappa shape index (κ1) is 22.0. The van der Waals surface area contributed by atoms with E-state index in [-0.39, 0.29) is 11.2 Å². The van der Waals surface area contributed by atoms with Crippen molar-refractivity contribution in [1.29, 1.82) is 0 Å². The maximum Gasteiger partial charge on any atom is 0.301 e. The van der Waals surface area contributed by atoms with Crippen LogP contribution in [-0.2, 0) is 0 Å². The second-order valence-electron chi connectivity index (χ2n) is 7.36. The number of aromatic amines is 1. The predicted octanol–water partition coefficient (Wildman–Crippen LogP) is 7.57. The molecule has 0 unspecified atom stereocenters. The van der Waals surface area contributed by atoms with Crippen molar-refractivity contribution in [3.8, 4) is 27.9 Å². The van der Waals surface area contributed by atoms with Gasteiger partial charge in [0.2, 0.25) is 5.13 Å². The molecule has 168 valence electrons. The standard InChI is InChI=1S/C25H18BrN5O2S/c1-16-23(29-28-19-11-13-21(14-12-19)33-20-5-3-2-4-6-20)24(32)31(30-16)25-27-22(15-34-25)17-7-9-18(26)10-8-17/h2-15,30H,1H3. The van der Waals surface area contributed by atoms with Gasteiger partial charge in [0.1, 0.15) is 11.5 Å². The Kier molecular flexibility index (Phi) is 6.20. The van der Waals surface area contributed by atoms with Gasteiger partial charge in [-0.25, -0.2) is 4.98 Å². The maximum absolute atomic E-state index is 13.0. The van der Waals surface area contributed by atoms with E-state index in [1.165, 1.54) is 16.0 Å². The van der Waals surface area contributed by atoms with E-state index in [1.54, 1.807) is 19.1 Å². The normalized spacial score (nSPS) is 11.2. The minimum absolute atomic E-state index is 0.241. The SMILES string of the molecule is Cc1[nH]n(-c2nc(-c3ccc(Br)cc3)cs2)c(=O)c1N=Nc1ccc(Oc2ccccc2)cc1. The zero-order chi connectivity index (χ0) is 23.5. The van der Waals surface area contributed by atoms with Crippen molar-refractivity contribution < 1.29 is 4.74 Å². The van der Waals surface area contributed by atoms with E-state index < -0.39 is 0 Å². The van der Waals surface area contributed by atoms with Gasteiger partial charge in [-0.1, -0.05) is 46.3 Å². The van der Waals surface area contributed by atoms with E-state index in [0.717, 1.165) is 21.5 Å². The topological polar surface area (TPSA) is 84.6 Å². The minimum Gasteiger partial charge on any atom is -0.457 e. The summed E-state index contributed by atoms with van der Waals surface area (Å²) in [6.45, 7) is 1.78. The number of nitrogens with one attached hydrogen (secondary N) is 1. The molecule has 0 fully saturated rings.